The van der Waals surface area contributed by atoms with Crippen LogP contribution in [0.15, 0.2) is 36.5 Å². The van der Waals surface area contributed by atoms with E-state index >= 15 is 0 Å². The Morgan fingerprint density at radius 3 is 2.95 bits per heavy atom. The van der Waals surface area contributed by atoms with E-state index in [4.69, 9.17) is 4.74 Å². The zero-order valence-corrected chi connectivity index (χ0v) is 11.9. The predicted molar refractivity (Wildman–Crippen MR) is 80.0 cm³/mol. The number of aromatic nitrogens is 1. The summed E-state index contributed by atoms with van der Waals surface area (Å²) in [5, 5.41) is 10.6. The molecule has 0 amide bonds. The van der Waals surface area contributed by atoms with Gasteiger partial charge in [-0.1, -0.05) is 18.2 Å². The second-order valence-corrected chi connectivity index (χ2v) is 5.91. The minimum atomic E-state index is -0.268. The Morgan fingerprint density at radius 1 is 1.35 bits per heavy atom. The van der Waals surface area contributed by atoms with E-state index in [1.54, 1.807) is 0 Å². The number of pyridine rings is 1. The second-order valence-electron chi connectivity index (χ2n) is 5.91. The molecule has 2 heterocycles. The van der Waals surface area contributed by atoms with Gasteiger partial charge < -0.3 is 14.7 Å². The third-order valence-electron chi connectivity index (χ3n) is 3.65. The van der Waals surface area contributed by atoms with Crippen molar-refractivity contribution in [3.8, 4) is 0 Å². The number of ether oxygens (including phenoxy) is 1. The van der Waals surface area contributed by atoms with Crippen molar-refractivity contribution >= 4 is 16.6 Å². The van der Waals surface area contributed by atoms with Crippen LogP contribution >= 0.6 is 0 Å². The molecule has 1 atom stereocenters. The van der Waals surface area contributed by atoms with E-state index in [2.05, 4.69) is 29.8 Å². The number of rotatable bonds is 2. The van der Waals surface area contributed by atoms with Crippen LogP contribution in [0.2, 0.25) is 0 Å². The van der Waals surface area contributed by atoms with Crippen LogP contribution in [-0.4, -0.2) is 41.5 Å². The molecule has 1 saturated heterocycles. The predicted octanol–water partition coefficient (Wildman–Crippen LogP) is 2.21. The van der Waals surface area contributed by atoms with Gasteiger partial charge >= 0.3 is 0 Å². The van der Waals surface area contributed by atoms with Gasteiger partial charge in [0.25, 0.3) is 0 Å². The van der Waals surface area contributed by atoms with Gasteiger partial charge in [0.2, 0.25) is 0 Å². The number of para-hydroxylation sites is 1. The molecule has 1 fully saturated rings. The molecule has 3 rings (SSSR count). The van der Waals surface area contributed by atoms with Crippen molar-refractivity contribution in [1.82, 2.24) is 4.98 Å². The average Bonchev–Trinajstić information content (AvgIpc) is 2.45. The molecule has 1 aromatic carbocycles. The van der Waals surface area contributed by atoms with Crippen LogP contribution in [0.1, 0.15) is 13.8 Å². The Balaban J connectivity index is 2.01. The van der Waals surface area contributed by atoms with Gasteiger partial charge in [0, 0.05) is 30.4 Å². The molecule has 4 heteroatoms. The van der Waals surface area contributed by atoms with Crippen LogP contribution in [0, 0.1) is 0 Å². The molecule has 1 N–H and O–H groups in total. The van der Waals surface area contributed by atoms with Gasteiger partial charge in [-0.05, 0) is 26.0 Å². The van der Waals surface area contributed by atoms with Crippen LogP contribution in [0.4, 0.5) is 5.69 Å². The molecule has 0 saturated carbocycles. The molecule has 0 aliphatic carbocycles. The van der Waals surface area contributed by atoms with Gasteiger partial charge in [-0.15, -0.1) is 0 Å². The van der Waals surface area contributed by atoms with Crippen LogP contribution in [-0.2, 0) is 4.74 Å². The standard InChI is InChI=1S/C16H20N2O2/c1-16(2)11-18(9-12(10-19)20-16)15-7-8-17-14-6-4-3-5-13(14)15/h3-8,12,19H,9-11H2,1-2H3. The first-order valence-electron chi connectivity index (χ1n) is 6.96. The van der Waals surface area contributed by atoms with Crippen LogP contribution < -0.4 is 4.90 Å². The topological polar surface area (TPSA) is 45.6 Å². The van der Waals surface area contributed by atoms with Crippen molar-refractivity contribution in [2.75, 3.05) is 24.6 Å². The summed E-state index contributed by atoms with van der Waals surface area (Å²) in [6.45, 7) is 5.67. The van der Waals surface area contributed by atoms with Gasteiger partial charge in [0.1, 0.15) is 0 Å². The number of fused-ring (bicyclic) bond motifs is 1. The Bertz CT molecular complexity index is 607. The smallest absolute Gasteiger partial charge is 0.0988 e. The molecular formula is C16H20N2O2. The highest BCUT2D eigenvalue weighted by Gasteiger charge is 2.33. The van der Waals surface area contributed by atoms with Gasteiger partial charge in [0.05, 0.1) is 23.8 Å². The first kappa shape index (κ1) is 13.3. The zero-order valence-electron chi connectivity index (χ0n) is 11.9. The van der Waals surface area contributed by atoms with Crippen molar-refractivity contribution < 1.29 is 9.84 Å². The van der Waals surface area contributed by atoms with E-state index in [-0.39, 0.29) is 18.3 Å². The monoisotopic (exact) mass is 272 g/mol. The fourth-order valence-corrected chi connectivity index (χ4v) is 2.93. The molecule has 4 nitrogen and oxygen atoms in total. The van der Waals surface area contributed by atoms with E-state index in [1.165, 1.54) is 0 Å². The highest BCUT2D eigenvalue weighted by atomic mass is 16.5. The molecule has 1 unspecified atom stereocenters. The Labute approximate surface area is 119 Å². The number of aliphatic hydroxyl groups is 1. The van der Waals surface area contributed by atoms with Crippen LogP contribution in [0.25, 0.3) is 10.9 Å². The maximum Gasteiger partial charge on any atom is 0.0988 e. The lowest BCUT2D eigenvalue weighted by molar-refractivity contribution is -0.100. The van der Waals surface area contributed by atoms with Crippen LogP contribution in [0.5, 0.6) is 0 Å². The SMILES string of the molecule is CC1(C)CN(c2ccnc3ccccc23)CC(CO)O1. The molecule has 1 aliphatic heterocycles. The molecule has 1 aliphatic rings. The Morgan fingerprint density at radius 2 is 2.15 bits per heavy atom. The average molecular weight is 272 g/mol. The van der Waals surface area contributed by atoms with Gasteiger partial charge in [-0.3, -0.25) is 4.98 Å². The molecular weight excluding hydrogens is 252 g/mol. The number of morpholine rings is 1. The number of hydrogen-bond donors (Lipinski definition) is 1. The maximum absolute atomic E-state index is 9.44. The van der Waals surface area contributed by atoms with Crippen molar-refractivity contribution in [2.24, 2.45) is 0 Å². The molecule has 1 aromatic heterocycles. The van der Waals surface area contributed by atoms with Crippen molar-refractivity contribution in [1.29, 1.82) is 0 Å². The zero-order chi connectivity index (χ0) is 14.2. The van der Waals surface area contributed by atoms with Gasteiger partial charge in [0.15, 0.2) is 0 Å². The lowest BCUT2D eigenvalue weighted by Crippen LogP contribution is -2.54. The lowest BCUT2D eigenvalue weighted by Gasteiger charge is -2.43. The van der Waals surface area contributed by atoms with E-state index < -0.39 is 0 Å². The third kappa shape index (κ3) is 2.49. The summed E-state index contributed by atoms with van der Waals surface area (Å²) < 4.78 is 5.88. The van der Waals surface area contributed by atoms with E-state index in [0.29, 0.717) is 6.54 Å². The van der Waals surface area contributed by atoms with Gasteiger partial charge in [-0.2, -0.15) is 0 Å². The van der Waals surface area contributed by atoms with E-state index in [1.807, 2.05) is 30.5 Å². The minimum absolute atomic E-state index is 0.0446. The van der Waals surface area contributed by atoms with Crippen LogP contribution in [0.3, 0.4) is 0 Å². The largest absolute Gasteiger partial charge is 0.394 e. The first-order valence-corrected chi connectivity index (χ1v) is 6.96. The van der Waals surface area contributed by atoms with Gasteiger partial charge in [-0.25, -0.2) is 0 Å². The third-order valence-corrected chi connectivity index (χ3v) is 3.65. The van der Waals surface area contributed by atoms with E-state index in [0.717, 1.165) is 23.1 Å². The summed E-state index contributed by atoms with van der Waals surface area (Å²) in [5.74, 6) is 0. The summed E-state index contributed by atoms with van der Waals surface area (Å²) >= 11 is 0. The fraction of sp³-hybridized carbons (Fsp3) is 0.438. The quantitative estimate of drug-likeness (QED) is 0.910. The summed E-state index contributed by atoms with van der Waals surface area (Å²) in [4.78, 5) is 6.69. The Hall–Kier alpha value is -1.65. The highest BCUT2D eigenvalue weighted by Crippen LogP contribution is 2.30. The first-order chi connectivity index (χ1) is 9.59. The second kappa shape index (κ2) is 5.04. The molecule has 0 bridgehead atoms. The molecule has 20 heavy (non-hydrogen) atoms. The van der Waals surface area contributed by atoms with Crippen molar-refractivity contribution in [2.45, 2.75) is 25.6 Å². The number of benzene rings is 1. The molecule has 106 valence electrons. The summed E-state index contributed by atoms with van der Waals surface area (Å²) in [5.41, 5.74) is 1.89. The van der Waals surface area contributed by atoms with Crippen molar-refractivity contribution in [3.63, 3.8) is 0 Å². The number of hydrogen-bond acceptors (Lipinski definition) is 4. The van der Waals surface area contributed by atoms with Crippen molar-refractivity contribution in [3.05, 3.63) is 36.5 Å². The summed E-state index contributed by atoms with van der Waals surface area (Å²) in [6, 6.07) is 10.2. The number of nitrogens with zero attached hydrogens (tertiary/aromatic N) is 2. The lowest BCUT2D eigenvalue weighted by atomic mass is 10.0. The minimum Gasteiger partial charge on any atom is -0.394 e. The highest BCUT2D eigenvalue weighted by molar-refractivity contribution is 5.91. The molecule has 0 radical (unpaired) electrons. The molecule has 0 spiro atoms. The Kier molecular flexibility index (Phi) is 3.36. The molecule has 2 aromatic rings. The fourth-order valence-electron chi connectivity index (χ4n) is 2.93. The normalized spacial score (nSPS) is 22.1. The summed E-state index contributed by atoms with van der Waals surface area (Å²) in [6.07, 6.45) is 1.69. The summed E-state index contributed by atoms with van der Waals surface area (Å²) in [7, 11) is 0. The number of aliphatic hydroxyl groups excluding tert-OH is 1. The number of anilines is 1. The van der Waals surface area contributed by atoms with E-state index in [9.17, 15) is 5.11 Å². The maximum atomic E-state index is 9.44.